The van der Waals surface area contributed by atoms with Crippen LogP contribution in [0.25, 0.3) is 0 Å². The number of hydrogen-bond acceptors (Lipinski definition) is 4. The normalized spacial score (nSPS) is 16.7. The van der Waals surface area contributed by atoms with Crippen molar-refractivity contribution in [1.82, 2.24) is 15.1 Å². The van der Waals surface area contributed by atoms with Gasteiger partial charge in [0.1, 0.15) is 5.69 Å². The van der Waals surface area contributed by atoms with Crippen LogP contribution in [-0.2, 0) is 9.53 Å². The van der Waals surface area contributed by atoms with Crippen molar-refractivity contribution in [2.45, 2.75) is 32.8 Å². The lowest BCUT2D eigenvalue weighted by Gasteiger charge is -2.25. The fourth-order valence-corrected chi connectivity index (χ4v) is 2.14. The van der Waals surface area contributed by atoms with Gasteiger partial charge < -0.3 is 9.64 Å². The highest BCUT2D eigenvalue weighted by molar-refractivity contribution is 5.90. The molecule has 0 unspecified atom stereocenters. The summed E-state index contributed by atoms with van der Waals surface area (Å²) in [5.74, 6) is -0.691. The maximum Gasteiger partial charge on any atom is 0.357 e. The average Bonchev–Trinajstić information content (AvgIpc) is 3.05. The first-order chi connectivity index (χ1) is 9.09. The Morgan fingerprint density at radius 3 is 2.58 bits per heavy atom. The van der Waals surface area contributed by atoms with E-state index in [1.54, 1.807) is 4.90 Å². The third kappa shape index (κ3) is 3.13. The van der Waals surface area contributed by atoms with Crippen molar-refractivity contribution < 1.29 is 14.3 Å². The summed E-state index contributed by atoms with van der Waals surface area (Å²) in [4.78, 5) is 26.0. The van der Waals surface area contributed by atoms with Crippen molar-refractivity contribution in [3.8, 4) is 0 Å². The van der Waals surface area contributed by atoms with Gasteiger partial charge in [-0.05, 0) is 24.8 Å². The Kier molecular flexibility index (Phi) is 4.19. The summed E-state index contributed by atoms with van der Waals surface area (Å²) in [6.45, 7) is 5.26. The zero-order valence-electron chi connectivity index (χ0n) is 11.3. The Labute approximate surface area is 112 Å². The highest BCUT2D eigenvalue weighted by Crippen LogP contribution is 2.16. The number of H-pyrrole nitrogens is 1. The SMILES string of the molecule is CC(C)[C@H](OC(=O)c1ccn[nH]1)C(=O)N1CCCC1. The Hall–Kier alpha value is -1.85. The standard InChI is InChI=1S/C13H19N3O3/c1-9(2)11(12(17)16-7-3-4-8-16)19-13(18)10-5-6-14-15-10/h5-6,9,11H,3-4,7-8H2,1-2H3,(H,14,15)/t11-/m0/s1. The van der Waals surface area contributed by atoms with Crippen molar-refractivity contribution in [2.75, 3.05) is 13.1 Å². The van der Waals surface area contributed by atoms with Crippen LogP contribution in [0.1, 0.15) is 37.2 Å². The van der Waals surface area contributed by atoms with Crippen LogP contribution in [0, 0.1) is 5.92 Å². The molecule has 1 atom stereocenters. The molecule has 6 nitrogen and oxygen atoms in total. The maximum atomic E-state index is 12.3. The summed E-state index contributed by atoms with van der Waals surface area (Å²) in [5, 5.41) is 6.24. The molecule has 1 aliphatic heterocycles. The lowest BCUT2D eigenvalue weighted by atomic mass is 10.1. The number of aromatic amines is 1. The van der Waals surface area contributed by atoms with Gasteiger partial charge in [0.15, 0.2) is 6.10 Å². The predicted octanol–water partition coefficient (Wildman–Crippen LogP) is 1.21. The van der Waals surface area contributed by atoms with E-state index in [2.05, 4.69) is 10.2 Å². The summed E-state index contributed by atoms with van der Waals surface area (Å²) >= 11 is 0. The zero-order chi connectivity index (χ0) is 13.8. The van der Waals surface area contributed by atoms with Crippen molar-refractivity contribution in [2.24, 2.45) is 5.92 Å². The van der Waals surface area contributed by atoms with Crippen LogP contribution in [0.5, 0.6) is 0 Å². The molecule has 1 N–H and O–H groups in total. The Bertz CT molecular complexity index is 436. The quantitative estimate of drug-likeness (QED) is 0.830. The molecule has 104 valence electrons. The van der Waals surface area contributed by atoms with Crippen LogP contribution >= 0.6 is 0 Å². The van der Waals surface area contributed by atoms with Crippen LogP contribution in [0.2, 0.25) is 0 Å². The number of aromatic nitrogens is 2. The van der Waals surface area contributed by atoms with E-state index in [0.29, 0.717) is 0 Å². The molecular formula is C13H19N3O3. The molecule has 0 saturated carbocycles. The number of carbonyl (C=O) groups excluding carboxylic acids is 2. The van der Waals surface area contributed by atoms with Gasteiger partial charge in [-0.25, -0.2) is 4.79 Å². The van der Waals surface area contributed by atoms with Gasteiger partial charge in [0.05, 0.1) is 0 Å². The van der Waals surface area contributed by atoms with Gasteiger partial charge in [-0.2, -0.15) is 5.10 Å². The molecule has 0 radical (unpaired) electrons. The second kappa shape index (κ2) is 5.86. The van der Waals surface area contributed by atoms with Crippen molar-refractivity contribution in [3.63, 3.8) is 0 Å². The van der Waals surface area contributed by atoms with Crippen molar-refractivity contribution in [1.29, 1.82) is 0 Å². The van der Waals surface area contributed by atoms with Gasteiger partial charge in [0, 0.05) is 19.3 Å². The fourth-order valence-electron chi connectivity index (χ4n) is 2.14. The van der Waals surface area contributed by atoms with Gasteiger partial charge in [-0.15, -0.1) is 0 Å². The second-order valence-corrected chi connectivity index (χ2v) is 5.07. The number of esters is 1. The number of hydrogen-bond donors (Lipinski definition) is 1. The number of nitrogens with one attached hydrogen (secondary N) is 1. The lowest BCUT2D eigenvalue weighted by molar-refractivity contribution is -0.141. The first-order valence-corrected chi connectivity index (χ1v) is 6.58. The maximum absolute atomic E-state index is 12.3. The van der Waals surface area contributed by atoms with E-state index >= 15 is 0 Å². The monoisotopic (exact) mass is 265 g/mol. The predicted molar refractivity (Wildman–Crippen MR) is 68.4 cm³/mol. The van der Waals surface area contributed by atoms with Crippen LogP contribution in [-0.4, -0.2) is 46.2 Å². The third-order valence-corrected chi connectivity index (χ3v) is 3.22. The van der Waals surface area contributed by atoms with Crippen LogP contribution in [0.4, 0.5) is 0 Å². The Morgan fingerprint density at radius 1 is 1.37 bits per heavy atom. The molecule has 1 aromatic heterocycles. The van der Waals surface area contributed by atoms with E-state index in [4.69, 9.17) is 4.74 Å². The number of likely N-dealkylation sites (tertiary alicyclic amines) is 1. The molecule has 2 heterocycles. The van der Waals surface area contributed by atoms with Crippen LogP contribution in [0.15, 0.2) is 12.3 Å². The molecule has 19 heavy (non-hydrogen) atoms. The molecule has 1 amide bonds. The highest BCUT2D eigenvalue weighted by atomic mass is 16.5. The van der Waals surface area contributed by atoms with Gasteiger partial charge >= 0.3 is 5.97 Å². The number of rotatable bonds is 4. The number of ether oxygens (including phenoxy) is 1. The molecule has 0 bridgehead atoms. The minimum atomic E-state index is -0.728. The summed E-state index contributed by atoms with van der Waals surface area (Å²) < 4.78 is 5.33. The average molecular weight is 265 g/mol. The van der Waals surface area contributed by atoms with Crippen LogP contribution in [0.3, 0.4) is 0 Å². The summed E-state index contributed by atoms with van der Waals surface area (Å²) in [6, 6.07) is 1.53. The fraction of sp³-hybridized carbons (Fsp3) is 0.615. The lowest BCUT2D eigenvalue weighted by Crippen LogP contribution is -2.42. The van der Waals surface area contributed by atoms with E-state index in [0.717, 1.165) is 25.9 Å². The second-order valence-electron chi connectivity index (χ2n) is 5.07. The molecule has 2 rings (SSSR count). The molecule has 1 saturated heterocycles. The smallest absolute Gasteiger partial charge is 0.357 e. The van der Waals surface area contributed by atoms with Gasteiger partial charge in [-0.1, -0.05) is 13.8 Å². The molecule has 0 aromatic carbocycles. The van der Waals surface area contributed by atoms with Gasteiger partial charge in [-0.3, -0.25) is 9.89 Å². The third-order valence-electron chi connectivity index (χ3n) is 3.22. The molecular weight excluding hydrogens is 246 g/mol. The molecule has 0 aliphatic carbocycles. The minimum absolute atomic E-state index is 0.0556. The molecule has 0 spiro atoms. The minimum Gasteiger partial charge on any atom is -0.447 e. The molecule has 6 heteroatoms. The topological polar surface area (TPSA) is 75.3 Å². The van der Waals surface area contributed by atoms with Crippen molar-refractivity contribution >= 4 is 11.9 Å². The first-order valence-electron chi connectivity index (χ1n) is 6.58. The van der Waals surface area contributed by atoms with E-state index in [1.165, 1.54) is 12.3 Å². The summed E-state index contributed by atoms with van der Waals surface area (Å²) in [5.41, 5.74) is 0.264. The van der Waals surface area contributed by atoms with E-state index in [1.807, 2.05) is 13.8 Å². The van der Waals surface area contributed by atoms with Gasteiger partial charge in [0.2, 0.25) is 0 Å². The highest BCUT2D eigenvalue weighted by Gasteiger charge is 2.32. The van der Waals surface area contributed by atoms with Gasteiger partial charge in [0.25, 0.3) is 5.91 Å². The molecule has 1 aliphatic rings. The number of amides is 1. The van der Waals surface area contributed by atoms with E-state index in [9.17, 15) is 9.59 Å². The Morgan fingerprint density at radius 2 is 2.05 bits per heavy atom. The molecule has 1 aromatic rings. The Balaban J connectivity index is 2.03. The summed E-state index contributed by atoms with van der Waals surface area (Å²) in [6.07, 6.45) is 2.79. The van der Waals surface area contributed by atoms with Crippen LogP contribution < -0.4 is 0 Å². The largest absolute Gasteiger partial charge is 0.447 e. The summed E-state index contributed by atoms with van der Waals surface area (Å²) in [7, 11) is 0. The van der Waals surface area contributed by atoms with E-state index < -0.39 is 12.1 Å². The first kappa shape index (κ1) is 13.6. The van der Waals surface area contributed by atoms with Crippen molar-refractivity contribution in [3.05, 3.63) is 18.0 Å². The number of nitrogens with zero attached hydrogens (tertiary/aromatic N) is 2. The number of carbonyl (C=O) groups is 2. The zero-order valence-corrected chi connectivity index (χ0v) is 11.3. The molecule has 1 fully saturated rings. The van der Waals surface area contributed by atoms with E-state index in [-0.39, 0.29) is 17.5 Å².